The molecule has 1 amide bonds. The van der Waals surface area contributed by atoms with E-state index in [2.05, 4.69) is 5.32 Å². The fourth-order valence-electron chi connectivity index (χ4n) is 2.56. The third-order valence-electron chi connectivity index (χ3n) is 4.41. The van der Waals surface area contributed by atoms with Crippen molar-refractivity contribution < 1.29 is 14.7 Å². The van der Waals surface area contributed by atoms with Gasteiger partial charge in [-0.1, -0.05) is 26.7 Å². The molecule has 104 valence electrons. The molecule has 1 aliphatic carbocycles. The van der Waals surface area contributed by atoms with Crippen molar-refractivity contribution in [3.63, 3.8) is 0 Å². The lowest BCUT2D eigenvalue weighted by Crippen LogP contribution is -2.50. The summed E-state index contributed by atoms with van der Waals surface area (Å²) in [5, 5.41) is 12.2. The van der Waals surface area contributed by atoms with Gasteiger partial charge < -0.3 is 10.4 Å². The van der Waals surface area contributed by atoms with Gasteiger partial charge in [0, 0.05) is 5.54 Å². The van der Waals surface area contributed by atoms with Gasteiger partial charge in [-0.05, 0) is 32.6 Å². The lowest BCUT2D eigenvalue weighted by molar-refractivity contribution is -0.149. The summed E-state index contributed by atoms with van der Waals surface area (Å²) in [6, 6.07) is 0. The van der Waals surface area contributed by atoms with E-state index in [1.54, 1.807) is 0 Å². The van der Waals surface area contributed by atoms with Crippen molar-refractivity contribution in [3.05, 3.63) is 0 Å². The molecule has 18 heavy (non-hydrogen) atoms. The summed E-state index contributed by atoms with van der Waals surface area (Å²) in [6.45, 7) is 6.10. The fraction of sp³-hybridized carbons (Fsp3) is 0.857. The monoisotopic (exact) mass is 255 g/mol. The topological polar surface area (TPSA) is 66.4 Å². The Morgan fingerprint density at radius 3 is 2.11 bits per heavy atom. The van der Waals surface area contributed by atoms with Crippen molar-refractivity contribution in [1.29, 1.82) is 0 Å². The molecule has 1 aliphatic rings. The Hall–Kier alpha value is -1.06. The lowest BCUT2D eigenvalue weighted by Gasteiger charge is -2.33. The van der Waals surface area contributed by atoms with Crippen molar-refractivity contribution in [1.82, 2.24) is 5.32 Å². The van der Waals surface area contributed by atoms with Crippen molar-refractivity contribution in [2.24, 2.45) is 11.8 Å². The van der Waals surface area contributed by atoms with Gasteiger partial charge in [-0.25, -0.2) is 0 Å². The molecule has 0 aromatic rings. The number of hydrogen-bond acceptors (Lipinski definition) is 2. The van der Waals surface area contributed by atoms with Crippen LogP contribution in [-0.2, 0) is 9.59 Å². The normalized spacial score (nSPS) is 24.6. The smallest absolute Gasteiger partial charge is 0.307 e. The van der Waals surface area contributed by atoms with Gasteiger partial charge in [-0.3, -0.25) is 9.59 Å². The minimum Gasteiger partial charge on any atom is -0.481 e. The molecular formula is C14H25NO3. The van der Waals surface area contributed by atoms with Gasteiger partial charge in [-0.15, -0.1) is 0 Å². The summed E-state index contributed by atoms with van der Waals surface area (Å²) in [4.78, 5) is 23.5. The first-order valence-electron chi connectivity index (χ1n) is 6.98. The Labute approximate surface area is 109 Å². The Kier molecular flexibility index (Phi) is 5.17. The largest absolute Gasteiger partial charge is 0.481 e. The van der Waals surface area contributed by atoms with Crippen LogP contribution in [0.3, 0.4) is 0 Å². The van der Waals surface area contributed by atoms with Crippen molar-refractivity contribution in [3.8, 4) is 0 Å². The summed E-state index contributed by atoms with van der Waals surface area (Å²) in [7, 11) is 0. The molecule has 2 unspecified atom stereocenters. The Morgan fingerprint density at radius 1 is 1.17 bits per heavy atom. The molecule has 0 heterocycles. The Balaban J connectivity index is 2.72. The molecule has 0 bridgehead atoms. The molecule has 4 nitrogen and oxygen atoms in total. The van der Waals surface area contributed by atoms with Crippen LogP contribution in [0.15, 0.2) is 0 Å². The highest BCUT2D eigenvalue weighted by molar-refractivity contribution is 5.85. The first-order valence-corrected chi connectivity index (χ1v) is 6.98. The molecular weight excluding hydrogens is 230 g/mol. The molecule has 0 saturated heterocycles. The summed E-state index contributed by atoms with van der Waals surface area (Å²) < 4.78 is 0. The standard InChI is InChI=1S/C14H25NO3/c1-4-14(3,5-2)15-12(16)10-8-6-7-9-11(10)13(17)18/h10-11H,4-9H2,1-3H3,(H,15,16)(H,17,18). The minimum atomic E-state index is -0.829. The highest BCUT2D eigenvalue weighted by atomic mass is 16.4. The number of rotatable bonds is 5. The van der Waals surface area contributed by atoms with E-state index in [-0.39, 0.29) is 17.4 Å². The van der Waals surface area contributed by atoms with Gasteiger partial charge in [0.25, 0.3) is 0 Å². The summed E-state index contributed by atoms with van der Waals surface area (Å²) in [6.07, 6.45) is 4.92. The average molecular weight is 255 g/mol. The molecule has 0 radical (unpaired) electrons. The van der Waals surface area contributed by atoms with Crippen LogP contribution in [0.4, 0.5) is 0 Å². The molecule has 2 atom stereocenters. The van der Waals surface area contributed by atoms with E-state index in [1.807, 2.05) is 20.8 Å². The van der Waals surface area contributed by atoms with Gasteiger partial charge in [0.1, 0.15) is 0 Å². The predicted molar refractivity (Wildman–Crippen MR) is 70.2 cm³/mol. The number of carbonyl (C=O) groups is 2. The van der Waals surface area contributed by atoms with E-state index in [1.165, 1.54) is 0 Å². The molecule has 2 N–H and O–H groups in total. The average Bonchev–Trinajstić information content (AvgIpc) is 2.38. The predicted octanol–water partition coefficient (Wildman–Crippen LogP) is 2.57. The van der Waals surface area contributed by atoms with Gasteiger partial charge in [-0.2, -0.15) is 0 Å². The molecule has 1 saturated carbocycles. The number of amides is 1. The Bertz CT molecular complexity index is 310. The molecule has 0 spiro atoms. The molecule has 0 aromatic heterocycles. The highest BCUT2D eigenvalue weighted by Crippen LogP contribution is 2.31. The second-order valence-corrected chi connectivity index (χ2v) is 5.59. The van der Waals surface area contributed by atoms with E-state index in [4.69, 9.17) is 0 Å². The maximum Gasteiger partial charge on any atom is 0.307 e. The minimum absolute atomic E-state index is 0.0756. The number of carboxylic acids is 1. The number of nitrogens with one attached hydrogen (secondary N) is 1. The van der Waals surface area contributed by atoms with Crippen LogP contribution >= 0.6 is 0 Å². The van der Waals surface area contributed by atoms with Crippen LogP contribution in [0.5, 0.6) is 0 Å². The van der Waals surface area contributed by atoms with Crippen LogP contribution in [0.25, 0.3) is 0 Å². The number of carbonyl (C=O) groups excluding carboxylic acids is 1. The van der Waals surface area contributed by atoms with Gasteiger partial charge >= 0.3 is 5.97 Å². The second kappa shape index (κ2) is 6.21. The zero-order valence-electron chi connectivity index (χ0n) is 11.7. The second-order valence-electron chi connectivity index (χ2n) is 5.59. The number of aliphatic carboxylic acids is 1. The maximum atomic E-state index is 12.3. The van der Waals surface area contributed by atoms with E-state index < -0.39 is 11.9 Å². The number of carboxylic acid groups (broad SMARTS) is 1. The van der Waals surface area contributed by atoms with Crippen LogP contribution < -0.4 is 5.32 Å². The first kappa shape index (κ1) is 15.0. The van der Waals surface area contributed by atoms with Crippen LogP contribution in [0.2, 0.25) is 0 Å². The third-order valence-corrected chi connectivity index (χ3v) is 4.41. The zero-order chi connectivity index (χ0) is 13.8. The lowest BCUT2D eigenvalue weighted by atomic mass is 9.78. The fourth-order valence-corrected chi connectivity index (χ4v) is 2.56. The number of hydrogen-bond donors (Lipinski definition) is 2. The van der Waals surface area contributed by atoms with Crippen molar-refractivity contribution >= 4 is 11.9 Å². The quantitative estimate of drug-likeness (QED) is 0.793. The van der Waals surface area contributed by atoms with Crippen LogP contribution in [0.1, 0.15) is 59.3 Å². The first-order chi connectivity index (χ1) is 8.43. The van der Waals surface area contributed by atoms with Crippen molar-refractivity contribution in [2.45, 2.75) is 64.8 Å². The van der Waals surface area contributed by atoms with Crippen LogP contribution in [-0.4, -0.2) is 22.5 Å². The molecule has 0 aliphatic heterocycles. The molecule has 0 aromatic carbocycles. The summed E-state index contributed by atoms with van der Waals surface area (Å²) >= 11 is 0. The van der Waals surface area contributed by atoms with Crippen LogP contribution in [0, 0.1) is 11.8 Å². The summed E-state index contributed by atoms with van der Waals surface area (Å²) in [5.74, 6) is -1.76. The van der Waals surface area contributed by atoms with E-state index in [0.717, 1.165) is 25.7 Å². The SMILES string of the molecule is CCC(C)(CC)NC(=O)C1CCCCC1C(=O)O. The molecule has 4 heteroatoms. The summed E-state index contributed by atoms with van der Waals surface area (Å²) in [5.41, 5.74) is -0.211. The van der Waals surface area contributed by atoms with Gasteiger partial charge in [0.05, 0.1) is 11.8 Å². The Morgan fingerprint density at radius 2 is 1.67 bits per heavy atom. The van der Waals surface area contributed by atoms with E-state index in [9.17, 15) is 14.7 Å². The molecule has 1 fully saturated rings. The van der Waals surface area contributed by atoms with E-state index >= 15 is 0 Å². The third kappa shape index (κ3) is 3.47. The van der Waals surface area contributed by atoms with Crippen molar-refractivity contribution in [2.75, 3.05) is 0 Å². The zero-order valence-corrected chi connectivity index (χ0v) is 11.7. The van der Waals surface area contributed by atoms with Gasteiger partial charge in [0.15, 0.2) is 0 Å². The highest BCUT2D eigenvalue weighted by Gasteiger charge is 2.37. The van der Waals surface area contributed by atoms with E-state index in [0.29, 0.717) is 12.8 Å². The van der Waals surface area contributed by atoms with Gasteiger partial charge in [0.2, 0.25) is 5.91 Å². The molecule has 1 rings (SSSR count). The maximum absolute atomic E-state index is 12.3.